The van der Waals surface area contributed by atoms with Crippen molar-refractivity contribution >= 4 is 17.6 Å². The lowest BCUT2D eigenvalue weighted by Crippen LogP contribution is -2.05. The Bertz CT molecular complexity index is 909. The molecule has 3 rings (SSSR count). The number of pyridine rings is 1. The molecule has 0 atom stereocenters. The average molecular weight is 345 g/mol. The summed E-state index contributed by atoms with van der Waals surface area (Å²) >= 11 is 6.14. The Morgan fingerprint density at radius 1 is 1.29 bits per heavy atom. The molecule has 0 spiro atoms. The molecule has 0 bridgehead atoms. The van der Waals surface area contributed by atoms with E-state index in [1.54, 1.807) is 36.7 Å². The summed E-state index contributed by atoms with van der Waals surface area (Å²) in [5.74, 6) is -0.708. The number of benzene rings is 1. The van der Waals surface area contributed by atoms with E-state index in [1.165, 1.54) is 11.8 Å². The number of aromatic carboxylic acids is 1. The van der Waals surface area contributed by atoms with Crippen molar-refractivity contribution in [1.29, 1.82) is 0 Å². The van der Waals surface area contributed by atoms with Crippen molar-refractivity contribution in [2.24, 2.45) is 0 Å². The lowest BCUT2D eigenvalue weighted by Gasteiger charge is -2.13. The molecule has 0 radical (unpaired) electrons. The van der Waals surface area contributed by atoms with Gasteiger partial charge in [0.05, 0.1) is 7.11 Å². The van der Waals surface area contributed by atoms with E-state index in [9.17, 15) is 9.90 Å². The van der Waals surface area contributed by atoms with E-state index in [0.717, 1.165) is 5.56 Å². The van der Waals surface area contributed by atoms with E-state index >= 15 is 0 Å². The van der Waals surface area contributed by atoms with Crippen molar-refractivity contribution in [3.05, 3.63) is 52.9 Å². The van der Waals surface area contributed by atoms with Gasteiger partial charge in [-0.1, -0.05) is 16.8 Å². The Morgan fingerprint density at radius 2 is 2.00 bits per heavy atom. The fourth-order valence-corrected chi connectivity index (χ4v) is 2.49. The largest absolute Gasteiger partial charge is 0.494 e. The molecule has 2 heterocycles. The van der Waals surface area contributed by atoms with Gasteiger partial charge in [-0.3, -0.25) is 4.98 Å². The zero-order valence-electron chi connectivity index (χ0n) is 12.9. The third-order valence-corrected chi connectivity index (χ3v) is 3.92. The van der Waals surface area contributed by atoms with Gasteiger partial charge in [-0.15, -0.1) is 5.10 Å². The molecule has 3 aromatic rings. The van der Waals surface area contributed by atoms with Gasteiger partial charge in [0.25, 0.3) is 0 Å². The number of hydrogen-bond acceptors (Lipinski definition) is 5. The Balaban J connectivity index is 2.31. The topological polar surface area (TPSA) is 90.1 Å². The van der Waals surface area contributed by atoms with Crippen LogP contribution in [0.5, 0.6) is 5.75 Å². The highest BCUT2D eigenvalue weighted by molar-refractivity contribution is 6.31. The first-order chi connectivity index (χ1) is 11.5. The Hall–Kier alpha value is -2.93. The second kappa shape index (κ2) is 6.29. The molecule has 0 aliphatic rings. The first kappa shape index (κ1) is 15.9. The van der Waals surface area contributed by atoms with Crippen LogP contribution in [0.2, 0.25) is 5.02 Å². The van der Waals surface area contributed by atoms with Gasteiger partial charge in [0.2, 0.25) is 0 Å². The molecule has 0 amide bonds. The maximum absolute atomic E-state index is 11.5. The highest BCUT2D eigenvalue weighted by atomic mass is 35.5. The van der Waals surface area contributed by atoms with Crippen LogP contribution in [0.15, 0.2) is 36.7 Å². The molecule has 1 N–H and O–H groups in total. The minimum atomic E-state index is -1.17. The van der Waals surface area contributed by atoms with Gasteiger partial charge in [0, 0.05) is 29.0 Å². The van der Waals surface area contributed by atoms with E-state index in [4.69, 9.17) is 16.3 Å². The van der Waals surface area contributed by atoms with Crippen molar-refractivity contribution in [2.45, 2.75) is 6.92 Å². The second-order valence-electron chi connectivity index (χ2n) is 5.01. The van der Waals surface area contributed by atoms with Crippen molar-refractivity contribution in [3.63, 3.8) is 0 Å². The first-order valence-electron chi connectivity index (χ1n) is 6.97. The number of carboxylic acids is 1. The molecule has 0 aliphatic carbocycles. The summed E-state index contributed by atoms with van der Waals surface area (Å²) in [4.78, 5) is 15.5. The van der Waals surface area contributed by atoms with E-state index < -0.39 is 5.97 Å². The van der Waals surface area contributed by atoms with Crippen LogP contribution in [0.1, 0.15) is 16.1 Å². The predicted octanol–water partition coefficient (Wildman–Crippen LogP) is 3.00. The van der Waals surface area contributed by atoms with Crippen molar-refractivity contribution in [1.82, 2.24) is 20.0 Å². The van der Waals surface area contributed by atoms with Crippen LogP contribution in [0, 0.1) is 6.92 Å². The van der Waals surface area contributed by atoms with Crippen LogP contribution >= 0.6 is 11.6 Å². The number of methoxy groups -OCH3 is 1. The molecule has 8 heteroatoms. The predicted molar refractivity (Wildman–Crippen MR) is 87.8 cm³/mol. The van der Waals surface area contributed by atoms with Gasteiger partial charge in [0.15, 0.2) is 5.69 Å². The number of carboxylic acid groups (broad SMARTS) is 1. The van der Waals surface area contributed by atoms with Crippen molar-refractivity contribution in [2.75, 3.05) is 7.11 Å². The van der Waals surface area contributed by atoms with Gasteiger partial charge >= 0.3 is 5.97 Å². The fourth-order valence-electron chi connectivity index (χ4n) is 2.34. The van der Waals surface area contributed by atoms with Crippen LogP contribution in [0.4, 0.5) is 0 Å². The number of hydrogen-bond donors (Lipinski definition) is 1. The molecule has 0 saturated heterocycles. The number of ether oxygens (including phenoxy) is 1. The minimum Gasteiger partial charge on any atom is -0.494 e. The summed E-state index contributed by atoms with van der Waals surface area (Å²) in [6.45, 7) is 1.84. The van der Waals surface area contributed by atoms with E-state index in [0.29, 0.717) is 27.7 Å². The summed E-state index contributed by atoms with van der Waals surface area (Å²) in [5, 5.41) is 17.8. The normalized spacial score (nSPS) is 10.6. The summed E-state index contributed by atoms with van der Waals surface area (Å²) in [6, 6.07) is 6.81. The lowest BCUT2D eigenvalue weighted by atomic mass is 10.1. The quantitative estimate of drug-likeness (QED) is 0.782. The molecular formula is C16H13ClN4O3. The molecular weight excluding hydrogens is 332 g/mol. The van der Waals surface area contributed by atoms with E-state index in [1.807, 2.05) is 6.92 Å². The molecule has 2 aromatic heterocycles. The molecule has 1 aromatic carbocycles. The molecule has 7 nitrogen and oxygen atoms in total. The summed E-state index contributed by atoms with van der Waals surface area (Å²) < 4.78 is 6.79. The Labute approximate surface area is 142 Å². The molecule has 122 valence electrons. The fraction of sp³-hybridized carbons (Fsp3) is 0.125. The molecule has 0 fully saturated rings. The van der Waals surface area contributed by atoms with Crippen LogP contribution in [-0.2, 0) is 0 Å². The van der Waals surface area contributed by atoms with Gasteiger partial charge in [0.1, 0.15) is 17.1 Å². The number of halogens is 1. The monoisotopic (exact) mass is 344 g/mol. The van der Waals surface area contributed by atoms with Gasteiger partial charge < -0.3 is 9.84 Å². The maximum Gasteiger partial charge on any atom is 0.358 e. The average Bonchev–Trinajstić information content (AvgIpc) is 3.02. The van der Waals surface area contributed by atoms with E-state index in [-0.39, 0.29) is 5.69 Å². The summed E-state index contributed by atoms with van der Waals surface area (Å²) in [7, 11) is 1.51. The maximum atomic E-state index is 11.5. The number of nitrogens with zero attached hydrogens (tertiary/aromatic N) is 4. The van der Waals surface area contributed by atoms with Crippen LogP contribution in [0.25, 0.3) is 16.9 Å². The van der Waals surface area contributed by atoms with Crippen LogP contribution in [-0.4, -0.2) is 38.2 Å². The van der Waals surface area contributed by atoms with Gasteiger partial charge in [-0.05, 0) is 30.7 Å². The third kappa shape index (κ3) is 2.69. The number of carbonyl (C=O) groups is 1. The van der Waals surface area contributed by atoms with E-state index in [2.05, 4.69) is 15.3 Å². The molecule has 24 heavy (non-hydrogen) atoms. The molecule has 0 aliphatic heterocycles. The Morgan fingerprint density at radius 3 is 2.62 bits per heavy atom. The minimum absolute atomic E-state index is 0.157. The SMILES string of the molecule is COc1cc(Cl)c(C)cc1-n1nnc(C(=O)O)c1-c1ccncc1. The second-order valence-corrected chi connectivity index (χ2v) is 5.42. The smallest absolute Gasteiger partial charge is 0.358 e. The number of aromatic nitrogens is 4. The molecule has 0 unspecified atom stereocenters. The summed E-state index contributed by atoms with van der Waals surface area (Å²) in [5.41, 5.74) is 2.16. The summed E-state index contributed by atoms with van der Waals surface area (Å²) in [6.07, 6.45) is 3.14. The third-order valence-electron chi connectivity index (χ3n) is 3.51. The molecule has 0 saturated carbocycles. The Kier molecular flexibility index (Phi) is 4.18. The first-order valence-corrected chi connectivity index (χ1v) is 7.34. The lowest BCUT2D eigenvalue weighted by molar-refractivity contribution is 0.0691. The van der Waals surface area contributed by atoms with Crippen LogP contribution in [0.3, 0.4) is 0 Å². The van der Waals surface area contributed by atoms with Crippen molar-refractivity contribution in [3.8, 4) is 22.7 Å². The highest BCUT2D eigenvalue weighted by Crippen LogP contribution is 2.33. The zero-order chi connectivity index (χ0) is 17.3. The van der Waals surface area contributed by atoms with Gasteiger partial charge in [-0.2, -0.15) is 0 Å². The van der Waals surface area contributed by atoms with Crippen LogP contribution < -0.4 is 4.74 Å². The highest BCUT2D eigenvalue weighted by Gasteiger charge is 2.23. The van der Waals surface area contributed by atoms with Crippen molar-refractivity contribution < 1.29 is 14.6 Å². The van der Waals surface area contributed by atoms with Gasteiger partial charge in [-0.25, -0.2) is 9.48 Å². The standard InChI is InChI=1S/C16H13ClN4O3/c1-9-7-12(13(24-2)8-11(9)17)21-15(10-3-5-18-6-4-10)14(16(22)23)19-20-21/h3-8H,1-2H3,(H,22,23). The number of aryl methyl sites for hydroxylation is 1. The zero-order valence-corrected chi connectivity index (χ0v) is 13.7. The number of rotatable bonds is 4.